The molecular weight excluding hydrogens is 403 g/mol. The number of amides is 1. The highest BCUT2D eigenvalue weighted by molar-refractivity contribution is 6.42. The zero-order valence-electron chi connectivity index (χ0n) is 16.1. The summed E-state index contributed by atoms with van der Waals surface area (Å²) in [6, 6.07) is 5.71. The molecule has 6 nitrogen and oxygen atoms in total. The molecule has 2 fully saturated rings. The largest absolute Gasteiger partial charge is 0.389 e. The van der Waals surface area contributed by atoms with Crippen LogP contribution in [0.2, 0.25) is 10.0 Å². The number of aliphatic hydroxyl groups is 1. The van der Waals surface area contributed by atoms with Gasteiger partial charge in [-0.05, 0) is 37.5 Å². The zero-order chi connectivity index (χ0) is 20.1. The Labute approximate surface area is 176 Å². The van der Waals surface area contributed by atoms with Crippen molar-refractivity contribution in [2.45, 2.75) is 57.1 Å². The molecule has 2 N–H and O–H groups in total. The summed E-state index contributed by atoms with van der Waals surface area (Å²) in [4.78, 5) is 14.1. The number of carbonyl (C=O) groups excluding carboxylic acids is 1. The summed E-state index contributed by atoms with van der Waals surface area (Å²) in [5.74, 6) is 0.0146. The third kappa shape index (κ3) is 5.81. The first-order valence-corrected chi connectivity index (χ1v) is 10.6. The molecular formula is C20H28Cl2N2O4. The van der Waals surface area contributed by atoms with E-state index in [4.69, 9.17) is 32.7 Å². The first kappa shape index (κ1) is 21.8. The van der Waals surface area contributed by atoms with Gasteiger partial charge >= 0.3 is 0 Å². The molecule has 0 spiro atoms. The summed E-state index contributed by atoms with van der Waals surface area (Å²) in [5, 5.41) is 14.1. The average Bonchev–Trinajstić information content (AvgIpc) is 2.63. The molecule has 2 heterocycles. The zero-order valence-corrected chi connectivity index (χ0v) is 17.6. The molecule has 1 aromatic carbocycles. The summed E-state index contributed by atoms with van der Waals surface area (Å²) in [6.07, 6.45) is 1.25. The highest BCUT2D eigenvalue weighted by atomic mass is 35.5. The number of aliphatic hydroxyl groups excluding tert-OH is 1. The van der Waals surface area contributed by atoms with Crippen molar-refractivity contribution in [1.29, 1.82) is 0 Å². The average molecular weight is 431 g/mol. The molecule has 0 unspecified atom stereocenters. The number of ether oxygens (including phenoxy) is 2. The predicted molar refractivity (Wildman–Crippen MR) is 109 cm³/mol. The lowest BCUT2D eigenvalue weighted by Crippen LogP contribution is -2.55. The summed E-state index contributed by atoms with van der Waals surface area (Å²) in [6.45, 7) is 4.34. The van der Waals surface area contributed by atoms with Crippen molar-refractivity contribution in [2.75, 3.05) is 26.3 Å². The molecule has 4 atom stereocenters. The highest BCUT2D eigenvalue weighted by Crippen LogP contribution is 2.30. The molecule has 156 valence electrons. The maximum atomic E-state index is 11.9. The third-order valence-corrected chi connectivity index (χ3v) is 5.98. The van der Waals surface area contributed by atoms with Crippen LogP contribution in [0.5, 0.6) is 0 Å². The van der Waals surface area contributed by atoms with Crippen LogP contribution in [0.1, 0.15) is 31.7 Å². The second kappa shape index (κ2) is 10.2. The van der Waals surface area contributed by atoms with E-state index in [0.29, 0.717) is 42.7 Å². The lowest BCUT2D eigenvalue weighted by molar-refractivity contribution is -0.158. The normalized spacial score (nSPS) is 28.9. The molecule has 2 saturated heterocycles. The van der Waals surface area contributed by atoms with Crippen LogP contribution in [-0.2, 0) is 20.8 Å². The number of hydrogen-bond donors (Lipinski definition) is 2. The quantitative estimate of drug-likeness (QED) is 0.750. The lowest BCUT2D eigenvalue weighted by atomic mass is 9.94. The Kier molecular flexibility index (Phi) is 7.97. The fraction of sp³-hybridized carbons (Fsp3) is 0.650. The first-order chi connectivity index (χ1) is 13.5. The molecule has 0 aliphatic carbocycles. The van der Waals surface area contributed by atoms with Crippen molar-refractivity contribution in [1.82, 2.24) is 10.2 Å². The van der Waals surface area contributed by atoms with Gasteiger partial charge in [0.1, 0.15) is 0 Å². The van der Waals surface area contributed by atoms with Crippen molar-refractivity contribution < 1.29 is 19.4 Å². The topological polar surface area (TPSA) is 71.0 Å². The fourth-order valence-electron chi connectivity index (χ4n) is 3.98. The van der Waals surface area contributed by atoms with E-state index in [-0.39, 0.29) is 30.8 Å². The van der Waals surface area contributed by atoms with Crippen LogP contribution in [0.4, 0.5) is 0 Å². The van der Waals surface area contributed by atoms with Gasteiger partial charge in [-0.2, -0.15) is 0 Å². The number of rotatable bonds is 5. The number of nitrogens with zero attached hydrogens (tertiary/aromatic N) is 1. The van der Waals surface area contributed by atoms with Gasteiger partial charge < -0.3 is 19.9 Å². The molecule has 0 aromatic heterocycles. The number of carbonyl (C=O) groups is 1. The Hall–Kier alpha value is -0.890. The number of β-amino-alcohol motifs (C(OH)–C–C–N with tert-alkyl or cyclic N) is 1. The van der Waals surface area contributed by atoms with E-state index in [1.54, 1.807) is 6.07 Å². The Bertz CT molecular complexity index is 676. The van der Waals surface area contributed by atoms with Gasteiger partial charge in [0.15, 0.2) is 0 Å². The van der Waals surface area contributed by atoms with Crippen molar-refractivity contribution >= 4 is 29.1 Å². The van der Waals surface area contributed by atoms with Gasteiger partial charge in [0.25, 0.3) is 0 Å². The van der Waals surface area contributed by atoms with Crippen LogP contribution in [-0.4, -0.2) is 66.6 Å². The molecule has 2 aliphatic rings. The van der Waals surface area contributed by atoms with Crippen LogP contribution in [0.15, 0.2) is 18.2 Å². The summed E-state index contributed by atoms with van der Waals surface area (Å²) < 4.78 is 11.9. The van der Waals surface area contributed by atoms with Crippen molar-refractivity contribution in [3.8, 4) is 0 Å². The van der Waals surface area contributed by atoms with E-state index < -0.39 is 6.10 Å². The van der Waals surface area contributed by atoms with Crippen LogP contribution >= 0.6 is 23.2 Å². The molecule has 0 saturated carbocycles. The summed E-state index contributed by atoms with van der Waals surface area (Å²) in [5.41, 5.74) is 1.03. The van der Waals surface area contributed by atoms with Gasteiger partial charge in [0.2, 0.25) is 5.91 Å². The smallest absolute Gasteiger partial charge is 0.222 e. The Morgan fingerprint density at radius 1 is 1.29 bits per heavy atom. The fourth-order valence-corrected chi connectivity index (χ4v) is 4.30. The molecule has 2 aliphatic heterocycles. The molecule has 8 heteroatoms. The molecule has 0 radical (unpaired) electrons. The molecule has 28 heavy (non-hydrogen) atoms. The lowest BCUT2D eigenvalue weighted by Gasteiger charge is -2.44. The standard InChI is InChI=1S/C20H28Cl2N2O4/c1-2-23-20(26)8-15-4-6-18-19(28-15)12-27-11-14(25)10-24(18)9-13-3-5-16(21)17(22)7-13/h3,5,7,14-15,18-19,25H,2,4,6,8-12H2,1H3,(H,23,26)/t14-,15-,18+,19-/m0/s1. The van der Waals surface area contributed by atoms with E-state index in [0.717, 1.165) is 18.4 Å². The Morgan fingerprint density at radius 2 is 2.11 bits per heavy atom. The van der Waals surface area contributed by atoms with Gasteiger partial charge in [-0.1, -0.05) is 29.3 Å². The third-order valence-electron chi connectivity index (χ3n) is 5.24. The summed E-state index contributed by atoms with van der Waals surface area (Å²) >= 11 is 12.2. The number of benzene rings is 1. The minimum atomic E-state index is -0.559. The maximum Gasteiger partial charge on any atom is 0.222 e. The van der Waals surface area contributed by atoms with Gasteiger partial charge in [-0.25, -0.2) is 0 Å². The van der Waals surface area contributed by atoms with E-state index >= 15 is 0 Å². The molecule has 0 bridgehead atoms. The van der Waals surface area contributed by atoms with Crippen molar-refractivity contribution in [3.05, 3.63) is 33.8 Å². The SMILES string of the molecule is CCNC(=O)C[C@@H]1CC[C@@H]2[C@H](COC[C@@H](O)CN2Cc2ccc(Cl)c(Cl)c2)O1. The molecule has 1 aromatic rings. The van der Waals surface area contributed by atoms with Crippen LogP contribution in [0, 0.1) is 0 Å². The number of hydrogen-bond acceptors (Lipinski definition) is 5. The van der Waals surface area contributed by atoms with E-state index in [9.17, 15) is 9.90 Å². The van der Waals surface area contributed by atoms with Crippen LogP contribution in [0.3, 0.4) is 0 Å². The molecule has 1 amide bonds. The van der Waals surface area contributed by atoms with Gasteiger partial charge in [-0.15, -0.1) is 0 Å². The van der Waals surface area contributed by atoms with E-state index in [2.05, 4.69) is 10.2 Å². The minimum absolute atomic E-state index is 0.0146. The van der Waals surface area contributed by atoms with Gasteiger partial charge in [0.05, 0.1) is 48.0 Å². The number of fused-ring (bicyclic) bond motifs is 1. The number of nitrogens with one attached hydrogen (secondary N) is 1. The van der Waals surface area contributed by atoms with E-state index in [1.165, 1.54) is 0 Å². The van der Waals surface area contributed by atoms with Gasteiger partial charge in [-0.3, -0.25) is 9.69 Å². The van der Waals surface area contributed by atoms with Crippen LogP contribution in [0.25, 0.3) is 0 Å². The van der Waals surface area contributed by atoms with Crippen molar-refractivity contribution in [3.63, 3.8) is 0 Å². The Balaban J connectivity index is 1.70. The second-order valence-corrected chi connectivity index (χ2v) is 8.28. The Morgan fingerprint density at radius 3 is 2.86 bits per heavy atom. The first-order valence-electron chi connectivity index (χ1n) is 9.82. The molecule has 3 rings (SSSR count). The second-order valence-electron chi connectivity index (χ2n) is 7.47. The van der Waals surface area contributed by atoms with Gasteiger partial charge in [0, 0.05) is 25.7 Å². The van der Waals surface area contributed by atoms with Crippen molar-refractivity contribution in [2.24, 2.45) is 0 Å². The monoisotopic (exact) mass is 430 g/mol. The highest BCUT2D eigenvalue weighted by Gasteiger charge is 2.38. The predicted octanol–water partition coefficient (Wildman–Crippen LogP) is 2.63. The number of halogens is 2. The van der Waals surface area contributed by atoms with Crippen LogP contribution < -0.4 is 5.32 Å². The summed E-state index contributed by atoms with van der Waals surface area (Å²) in [7, 11) is 0. The maximum absolute atomic E-state index is 11.9. The van der Waals surface area contributed by atoms with E-state index in [1.807, 2.05) is 19.1 Å². The minimum Gasteiger partial charge on any atom is -0.389 e.